The molecule has 108 valence electrons. The van der Waals surface area contributed by atoms with Gasteiger partial charge in [0.1, 0.15) is 6.04 Å². The van der Waals surface area contributed by atoms with Gasteiger partial charge in [0.05, 0.1) is 12.0 Å². The Balaban J connectivity index is 2.66. The lowest BCUT2D eigenvalue weighted by molar-refractivity contribution is -0.127. The molecule has 0 aromatic heterocycles. The summed E-state index contributed by atoms with van der Waals surface area (Å²) in [4.78, 5) is 33.7. The predicted octanol–water partition coefficient (Wildman–Crippen LogP) is 0.553. The van der Waals surface area contributed by atoms with Gasteiger partial charge in [-0.25, -0.2) is 4.79 Å². The minimum atomic E-state index is -1.02. The van der Waals surface area contributed by atoms with E-state index in [-0.39, 0.29) is 23.8 Å². The van der Waals surface area contributed by atoms with Crippen LogP contribution in [-0.2, 0) is 16.0 Å². The van der Waals surface area contributed by atoms with Crippen LogP contribution in [-0.4, -0.2) is 28.9 Å². The number of rotatable bonds is 6. The van der Waals surface area contributed by atoms with Gasteiger partial charge in [-0.15, -0.1) is 0 Å². The van der Waals surface area contributed by atoms with Gasteiger partial charge in [-0.3, -0.25) is 9.59 Å². The van der Waals surface area contributed by atoms with Crippen LogP contribution in [0.3, 0.4) is 0 Å². The van der Waals surface area contributed by atoms with Crippen molar-refractivity contribution >= 4 is 17.8 Å². The zero-order valence-electron chi connectivity index (χ0n) is 11.4. The molecule has 0 fully saturated rings. The molecule has 0 saturated heterocycles. The summed E-state index contributed by atoms with van der Waals surface area (Å²) in [6.07, 6.45) is 0.0659. The topological polar surface area (TPSA) is 109 Å². The largest absolute Gasteiger partial charge is 0.478 e. The highest BCUT2D eigenvalue weighted by Gasteiger charge is 2.21. The Hall–Kier alpha value is -2.37. The molecule has 6 heteroatoms. The molecular weight excluding hydrogens is 260 g/mol. The van der Waals surface area contributed by atoms with Crippen molar-refractivity contribution in [3.63, 3.8) is 0 Å². The maximum absolute atomic E-state index is 11.8. The van der Waals surface area contributed by atoms with Crippen LogP contribution in [0.1, 0.15) is 29.8 Å². The van der Waals surface area contributed by atoms with Crippen LogP contribution < -0.4 is 11.1 Å². The van der Waals surface area contributed by atoms with Crippen molar-refractivity contribution < 1.29 is 19.5 Å². The van der Waals surface area contributed by atoms with E-state index in [1.54, 1.807) is 26.0 Å². The van der Waals surface area contributed by atoms with E-state index < -0.39 is 17.9 Å². The Bertz CT molecular complexity index is 508. The summed E-state index contributed by atoms with van der Waals surface area (Å²) in [7, 11) is 0. The van der Waals surface area contributed by atoms with E-state index in [2.05, 4.69) is 5.32 Å². The van der Waals surface area contributed by atoms with Crippen molar-refractivity contribution in [2.45, 2.75) is 26.3 Å². The molecule has 6 nitrogen and oxygen atoms in total. The third-order valence-corrected chi connectivity index (χ3v) is 2.86. The Morgan fingerprint density at radius 3 is 2.15 bits per heavy atom. The number of hydrogen-bond donors (Lipinski definition) is 3. The highest BCUT2D eigenvalue weighted by molar-refractivity contribution is 5.89. The molecule has 0 heterocycles. The summed E-state index contributed by atoms with van der Waals surface area (Å²) in [5, 5.41) is 11.3. The van der Waals surface area contributed by atoms with Crippen LogP contribution in [0.5, 0.6) is 0 Å². The third kappa shape index (κ3) is 4.38. The quantitative estimate of drug-likeness (QED) is 0.706. The van der Waals surface area contributed by atoms with E-state index in [1.807, 2.05) is 0 Å². The number of amides is 2. The number of primary amides is 1. The fourth-order valence-electron chi connectivity index (χ4n) is 1.74. The molecule has 0 radical (unpaired) electrons. The number of carbonyl (C=O) groups excluding carboxylic acids is 2. The second-order valence-corrected chi connectivity index (χ2v) is 4.87. The number of aromatic carboxylic acids is 1. The van der Waals surface area contributed by atoms with E-state index in [0.717, 1.165) is 0 Å². The lowest BCUT2D eigenvalue weighted by atomic mass is 10.0. The normalized spacial score (nSPS) is 11.9. The summed E-state index contributed by atoms with van der Waals surface area (Å²) in [6, 6.07) is 5.29. The van der Waals surface area contributed by atoms with Crippen molar-refractivity contribution in [3.8, 4) is 0 Å². The maximum Gasteiger partial charge on any atom is 0.335 e. The van der Waals surface area contributed by atoms with E-state index >= 15 is 0 Å². The second-order valence-electron chi connectivity index (χ2n) is 4.87. The van der Waals surface area contributed by atoms with E-state index in [4.69, 9.17) is 10.8 Å². The number of carboxylic acids is 1. The average molecular weight is 278 g/mol. The first-order valence-electron chi connectivity index (χ1n) is 6.22. The first kappa shape index (κ1) is 15.7. The average Bonchev–Trinajstić information content (AvgIpc) is 2.35. The Kier molecular flexibility index (Phi) is 5.25. The highest BCUT2D eigenvalue weighted by atomic mass is 16.4. The SMILES string of the molecule is CC(C)C(NC(=O)Cc1ccc(C(=O)O)cc1)C(N)=O. The third-order valence-electron chi connectivity index (χ3n) is 2.86. The van der Waals surface area contributed by atoms with Gasteiger partial charge in [0.25, 0.3) is 0 Å². The summed E-state index contributed by atoms with van der Waals surface area (Å²) < 4.78 is 0. The van der Waals surface area contributed by atoms with Gasteiger partial charge in [-0.1, -0.05) is 26.0 Å². The number of nitrogens with two attached hydrogens (primary N) is 1. The van der Waals surface area contributed by atoms with Gasteiger partial charge in [-0.05, 0) is 23.6 Å². The van der Waals surface area contributed by atoms with Crippen LogP contribution in [0.25, 0.3) is 0 Å². The first-order valence-corrected chi connectivity index (χ1v) is 6.22. The Morgan fingerprint density at radius 2 is 1.75 bits per heavy atom. The number of hydrogen-bond acceptors (Lipinski definition) is 3. The fraction of sp³-hybridized carbons (Fsp3) is 0.357. The molecule has 0 aliphatic carbocycles. The molecule has 1 unspecified atom stereocenters. The summed E-state index contributed by atoms with van der Waals surface area (Å²) >= 11 is 0. The predicted molar refractivity (Wildman–Crippen MR) is 73.1 cm³/mol. The molecule has 0 bridgehead atoms. The summed E-state index contributed by atoms with van der Waals surface area (Å²) in [6.45, 7) is 3.58. The molecule has 2 amide bonds. The molecule has 1 rings (SSSR count). The zero-order valence-corrected chi connectivity index (χ0v) is 11.4. The maximum atomic E-state index is 11.8. The van der Waals surface area contributed by atoms with Crippen LogP contribution >= 0.6 is 0 Å². The van der Waals surface area contributed by atoms with Crippen molar-refractivity contribution in [1.29, 1.82) is 0 Å². The van der Waals surface area contributed by atoms with Gasteiger partial charge in [0.2, 0.25) is 11.8 Å². The van der Waals surface area contributed by atoms with Crippen molar-refractivity contribution in [2.24, 2.45) is 11.7 Å². The second kappa shape index (κ2) is 6.70. The number of benzene rings is 1. The summed E-state index contributed by atoms with van der Waals surface area (Å²) in [5.41, 5.74) is 6.04. The monoisotopic (exact) mass is 278 g/mol. The molecule has 0 spiro atoms. The van der Waals surface area contributed by atoms with Crippen molar-refractivity contribution in [3.05, 3.63) is 35.4 Å². The van der Waals surface area contributed by atoms with Crippen LogP contribution in [0.2, 0.25) is 0 Å². The van der Waals surface area contributed by atoms with Crippen molar-refractivity contribution in [1.82, 2.24) is 5.32 Å². The van der Waals surface area contributed by atoms with Gasteiger partial charge in [0.15, 0.2) is 0 Å². The first-order chi connectivity index (χ1) is 9.31. The van der Waals surface area contributed by atoms with Crippen LogP contribution in [0, 0.1) is 5.92 Å². The standard InChI is InChI=1S/C14H18N2O4/c1-8(2)12(13(15)18)16-11(17)7-9-3-5-10(6-4-9)14(19)20/h3-6,8,12H,7H2,1-2H3,(H2,15,18)(H,16,17)(H,19,20). The van der Waals surface area contributed by atoms with E-state index in [1.165, 1.54) is 12.1 Å². The Morgan fingerprint density at radius 1 is 1.20 bits per heavy atom. The summed E-state index contributed by atoms with van der Waals surface area (Å²) in [5.74, 6) is -2.01. The molecule has 20 heavy (non-hydrogen) atoms. The van der Waals surface area contributed by atoms with E-state index in [9.17, 15) is 14.4 Å². The minimum absolute atomic E-state index is 0.0659. The number of nitrogens with one attached hydrogen (secondary N) is 1. The molecule has 0 aliphatic heterocycles. The zero-order chi connectivity index (χ0) is 15.3. The van der Waals surface area contributed by atoms with Crippen LogP contribution in [0.15, 0.2) is 24.3 Å². The van der Waals surface area contributed by atoms with Gasteiger partial charge >= 0.3 is 5.97 Å². The van der Waals surface area contributed by atoms with Gasteiger partial charge in [0, 0.05) is 0 Å². The molecule has 0 aliphatic rings. The molecule has 0 saturated carbocycles. The molecular formula is C14H18N2O4. The van der Waals surface area contributed by atoms with E-state index in [0.29, 0.717) is 5.56 Å². The van der Waals surface area contributed by atoms with Gasteiger partial charge in [-0.2, -0.15) is 0 Å². The number of carboxylic acid groups (broad SMARTS) is 1. The fourth-order valence-corrected chi connectivity index (χ4v) is 1.74. The molecule has 1 aromatic rings. The van der Waals surface area contributed by atoms with Crippen LogP contribution in [0.4, 0.5) is 0 Å². The highest BCUT2D eigenvalue weighted by Crippen LogP contribution is 2.06. The molecule has 1 aromatic carbocycles. The lowest BCUT2D eigenvalue weighted by Crippen LogP contribution is -2.48. The lowest BCUT2D eigenvalue weighted by Gasteiger charge is -2.18. The van der Waals surface area contributed by atoms with Gasteiger partial charge < -0.3 is 16.2 Å². The Labute approximate surface area is 117 Å². The smallest absolute Gasteiger partial charge is 0.335 e. The van der Waals surface area contributed by atoms with Crippen molar-refractivity contribution in [2.75, 3.05) is 0 Å². The number of carbonyl (C=O) groups is 3. The molecule has 1 atom stereocenters. The molecule has 4 N–H and O–H groups in total. The minimum Gasteiger partial charge on any atom is -0.478 e.